The van der Waals surface area contributed by atoms with E-state index in [2.05, 4.69) is 28.3 Å². The number of ether oxygens (including phenoxy) is 1. The second-order valence-electron chi connectivity index (χ2n) is 4.35. The lowest BCUT2D eigenvalue weighted by atomic mass is 10.1. The molecule has 0 bridgehead atoms. The molecule has 1 N–H and O–H groups in total. The molecule has 4 nitrogen and oxygen atoms in total. The van der Waals surface area contributed by atoms with Crippen LogP contribution < -0.4 is 10.1 Å². The summed E-state index contributed by atoms with van der Waals surface area (Å²) in [6, 6.07) is 5.99. The van der Waals surface area contributed by atoms with Crippen molar-refractivity contribution in [3.05, 3.63) is 42.4 Å². The lowest BCUT2D eigenvalue weighted by Gasteiger charge is -2.06. The van der Waals surface area contributed by atoms with Crippen molar-refractivity contribution >= 4 is 0 Å². The van der Waals surface area contributed by atoms with Crippen molar-refractivity contribution in [2.45, 2.75) is 19.9 Å². The third-order valence-electron chi connectivity index (χ3n) is 2.83. The van der Waals surface area contributed by atoms with Crippen LogP contribution in [0.25, 0.3) is 11.1 Å². The van der Waals surface area contributed by atoms with E-state index in [1.165, 1.54) is 5.56 Å². The third-order valence-corrected chi connectivity index (χ3v) is 2.83. The van der Waals surface area contributed by atoms with Gasteiger partial charge in [0, 0.05) is 42.3 Å². The Morgan fingerprint density at radius 3 is 2.74 bits per heavy atom. The van der Waals surface area contributed by atoms with Crippen LogP contribution in [0, 0.1) is 0 Å². The fourth-order valence-electron chi connectivity index (χ4n) is 1.82. The molecule has 2 aromatic rings. The quantitative estimate of drug-likeness (QED) is 0.808. The molecule has 2 heterocycles. The minimum absolute atomic E-state index is 0.623. The first kappa shape index (κ1) is 13.5. The Hall–Kier alpha value is -1.94. The molecule has 0 saturated heterocycles. The summed E-state index contributed by atoms with van der Waals surface area (Å²) in [4.78, 5) is 8.50. The minimum Gasteiger partial charge on any atom is -0.481 e. The van der Waals surface area contributed by atoms with Gasteiger partial charge in [0.2, 0.25) is 5.88 Å². The van der Waals surface area contributed by atoms with Crippen molar-refractivity contribution in [2.24, 2.45) is 0 Å². The summed E-state index contributed by atoms with van der Waals surface area (Å²) >= 11 is 0. The predicted molar refractivity (Wildman–Crippen MR) is 76.0 cm³/mol. The first-order valence-electron chi connectivity index (χ1n) is 6.48. The maximum atomic E-state index is 5.06. The molecule has 0 amide bonds. The zero-order valence-electron chi connectivity index (χ0n) is 11.4. The molecule has 0 saturated carbocycles. The Balaban J connectivity index is 2.12. The number of aromatic nitrogens is 2. The average Bonchev–Trinajstić information content (AvgIpc) is 2.48. The first-order chi connectivity index (χ1) is 9.33. The molecular weight excluding hydrogens is 238 g/mol. The molecule has 4 heteroatoms. The van der Waals surface area contributed by atoms with E-state index in [0.717, 1.165) is 30.6 Å². The number of hydrogen-bond acceptors (Lipinski definition) is 4. The van der Waals surface area contributed by atoms with Gasteiger partial charge in [0.1, 0.15) is 0 Å². The van der Waals surface area contributed by atoms with Crippen molar-refractivity contribution < 1.29 is 4.74 Å². The topological polar surface area (TPSA) is 47.0 Å². The van der Waals surface area contributed by atoms with Gasteiger partial charge in [-0.05, 0) is 30.7 Å². The van der Waals surface area contributed by atoms with Crippen LogP contribution in [0.4, 0.5) is 0 Å². The molecule has 0 spiro atoms. The summed E-state index contributed by atoms with van der Waals surface area (Å²) in [5.41, 5.74) is 3.30. The molecule has 2 aromatic heterocycles. The van der Waals surface area contributed by atoms with Crippen molar-refractivity contribution in [1.29, 1.82) is 0 Å². The largest absolute Gasteiger partial charge is 0.481 e. The van der Waals surface area contributed by atoms with Crippen LogP contribution in [0.15, 0.2) is 36.8 Å². The minimum atomic E-state index is 0.623. The van der Waals surface area contributed by atoms with Crippen LogP contribution in [-0.4, -0.2) is 23.6 Å². The van der Waals surface area contributed by atoms with Gasteiger partial charge in [0.05, 0.1) is 7.11 Å². The van der Waals surface area contributed by atoms with Crippen LogP contribution in [-0.2, 0) is 6.54 Å². The summed E-state index contributed by atoms with van der Waals surface area (Å²) in [6.45, 7) is 4.03. The summed E-state index contributed by atoms with van der Waals surface area (Å²) in [7, 11) is 1.61. The van der Waals surface area contributed by atoms with Gasteiger partial charge < -0.3 is 10.1 Å². The van der Waals surface area contributed by atoms with Gasteiger partial charge in [-0.15, -0.1) is 0 Å². The fourth-order valence-corrected chi connectivity index (χ4v) is 1.82. The highest BCUT2D eigenvalue weighted by Gasteiger charge is 2.01. The van der Waals surface area contributed by atoms with Crippen molar-refractivity contribution in [2.75, 3.05) is 13.7 Å². The second-order valence-corrected chi connectivity index (χ2v) is 4.35. The van der Waals surface area contributed by atoms with Gasteiger partial charge >= 0.3 is 0 Å². The van der Waals surface area contributed by atoms with Crippen LogP contribution in [0.3, 0.4) is 0 Å². The standard InChI is InChI=1S/C15H19N3O/c1-3-6-16-8-12-7-14(10-17-9-12)13-4-5-15(19-2)18-11-13/h4-5,7,9-11,16H,3,6,8H2,1-2H3. The maximum absolute atomic E-state index is 5.06. The van der Waals surface area contributed by atoms with E-state index >= 15 is 0 Å². The van der Waals surface area contributed by atoms with Crippen LogP contribution >= 0.6 is 0 Å². The van der Waals surface area contributed by atoms with E-state index in [0.29, 0.717) is 5.88 Å². The first-order valence-corrected chi connectivity index (χ1v) is 6.48. The van der Waals surface area contributed by atoms with E-state index in [-0.39, 0.29) is 0 Å². The number of nitrogens with zero attached hydrogens (tertiary/aromatic N) is 2. The maximum Gasteiger partial charge on any atom is 0.212 e. The molecule has 0 radical (unpaired) electrons. The smallest absolute Gasteiger partial charge is 0.212 e. The number of hydrogen-bond donors (Lipinski definition) is 1. The van der Waals surface area contributed by atoms with Gasteiger partial charge in [-0.25, -0.2) is 4.98 Å². The molecule has 0 atom stereocenters. The van der Waals surface area contributed by atoms with Crippen LogP contribution in [0.2, 0.25) is 0 Å². The summed E-state index contributed by atoms with van der Waals surface area (Å²) in [5.74, 6) is 0.623. The zero-order valence-corrected chi connectivity index (χ0v) is 11.4. The molecule has 2 rings (SSSR count). The molecule has 0 aliphatic carbocycles. The van der Waals surface area contributed by atoms with E-state index in [4.69, 9.17) is 4.74 Å². The Morgan fingerprint density at radius 2 is 2.05 bits per heavy atom. The van der Waals surface area contributed by atoms with Crippen LogP contribution in [0.5, 0.6) is 5.88 Å². The van der Waals surface area contributed by atoms with Crippen molar-refractivity contribution in [3.8, 4) is 17.0 Å². The summed E-state index contributed by atoms with van der Waals surface area (Å²) < 4.78 is 5.06. The monoisotopic (exact) mass is 257 g/mol. The molecular formula is C15H19N3O. The van der Waals surface area contributed by atoms with Crippen molar-refractivity contribution in [3.63, 3.8) is 0 Å². The van der Waals surface area contributed by atoms with Gasteiger partial charge in [0.25, 0.3) is 0 Å². The molecule has 0 aliphatic heterocycles. The summed E-state index contributed by atoms with van der Waals surface area (Å²) in [6.07, 6.45) is 6.69. The molecule has 19 heavy (non-hydrogen) atoms. The fraction of sp³-hybridized carbons (Fsp3) is 0.333. The molecule has 0 unspecified atom stereocenters. The van der Waals surface area contributed by atoms with Gasteiger partial charge in [-0.2, -0.15) is 0 Å². The zero-order chi connectivity index (χ0) is 13.5. The van der Waals surface area contributed by atoms with Crippen LogP contribution in [0.1, 0.15) is 18.9 Å². The van der Waals surface area contributed by atoms with E-state index in [9.17, 15) is 0 Å². The Bertz CT molecular complexity index is 511. The Morgan fingerprint density at radius 1 is 1.16 bits per heavy atom. The Labute approximate surface area is 113 Å². The number of methoxy groups -OCH3 is 1. The lowest BCUT2D eigenvalue weighted by Crippen LogP contribution is -2.13. The molecule has 100 valence electrons. The number of nitrogens with one attached hydrogen (secondary N) is 1. The SMILES string of the molecule is CCCNCc1cncc(-c2ccc(OC)nc2)c1. The van der Waals surface area contributed by atoms with Crippen molar-refractivity contribution in [1.82, 2.24) is 15.3 Å². The molecule has 0 fully saturated rings. The normalized spacial score (nSPS) is 10.4. The van der Waals surface area contributed by atoms with Gasteiger partial charge in [0.15, 0.2) is 0 Å². The van der Waals surface area contributed by atoms with Gasteiger partial charge in [-0.3, -0.25) is 4.98 Å². The van der Waals surface area contributed by atoms with E-state index < -0.39 is 0 Å². The lowest BCUT2D eigenvalue weighted by molar-refractivity contribution is 0.398. The molecule has 0 aromatic carbocycles. The predicted octanol–water partition coefficient (Wildman–Crippen LogP) is 2.65. The third kappa shape index (κ3) is 3.76. The average molecular weight is 257 g/mol. The van der Waals surface area contributed by atoms with E-state index in [1.54, 1.807) is 13.3 Å². The molecule has 0 aliphatic rings. The number of rotatable bonds is 6. The highest BCUT2D eigenvalue weighted by Crippen LogP contribution is 2.20. The van der Waals surface area contributed by atoms with E-state index in [1.807, 2.05) is 24.5 Å². The highest BCUT2D eigenvalue weighted by atomic mass is 16.5. The van der Waals surface area contributed by atoms with Gasteiger partial charge in [-0.1, -0.05) is 6.92 Å². The second kappa shape index (κ2) is 6.85. The summed E-state index contributed by atoms with van der Waals surface area (Å²) in [5, 5.41) is 3.37. The number of pyridine rings is 2. The highest BCUT2D eigenvalue weighted by molar-refractivity contribution is 5.62. The Kier molecular flexibility index (Phi) is 4.86.